The van der Waals surface area contributed by atoms with Gasteiger partial charge in [0.05, 0.1) is 6.61 Å². The number of unbranched alkanes of at least 4 members (excludes halogenated alkanes) is 34. The molecule has 0 saturated carbocycles. The van der Waals surface area contributed by atoms with Crippen molar-refractivity contribution >= 4 is 11.9 Å². The molecule has 0 aliphatic rings. The van der Waals surface area contributed by atoms with Crippen molar-refractivity contribution in [2.75, 3.05) is 13.2 Å². The van der Waals surface area contributed by atoms with Gasteiger partial charge in [-0.15, -0.1) is 0 Å². The average molecular weight is 869 g/mol. The summed E-state index contributed by atoms with van der Waals surface area (Å²) in [5.41, 5.74) is 0. The molecule has 0 aliphatic heterocycles. The minimum Gasteiger partial charge on any atom is -0.462 e. The second-order valence-electron chi connectivity index (χ2n) is 18.3. The van der Waals surface area contributed by atoms with E-state index in [9.17, 15) is 14.7 Å². The number of aliphatic hydroxyl groups is 1. The van der Waals surface area contributed by atoms with Gasteiger partial charge >= 0.3 is 11.9 Å². The van der Waals surface area contributed by atoms with E-state index in [4.69, 9.17) is 9.47 Å². The number of hydrogen-bond donors (Lipinski definition) is 1. The van der Waals surface area contributed by atoms with Gasteiger partial charge < -0.3 is 14.6 Å². The fourth-order valence-electron chi connectivity index (χ4n) is 7.97. The Morgan fingerprint density at radius 2 is 0.645 bits per heavy atom. The molecule has 0 aliphatic carbocycles. The summed E-state index contributed by atoms with van der Waals surface area (Å²) in [7, 11) is 0. The topological polar surface area (TPSA) is 72.8 Å². The van der Waals surface area contributed by atoms with Crippen molar-refractivity contribution in [2.45, 2.75) is 290 Å². The second-order valence-corrected chi connectivity index (χ2v) is 18.3. The van der Waals surface area contributed by atoms with Crippen molar-refractivity contribution in [3.05, 3.63) is 48.6 Å². The van der Waals surface area contributed by atoms with Crippen LogP contribution in [0.25, 0.3) is 0 Å². The molecule has 0 aromatic carbocycles. The molecule has 1 N–H and O–H groups in total. The van der Waals surface area contributed by atoms with E-state index >= 15 is 0 Å². The summed E-state index contributed by atoms with van der Waals surface area (Å²) in [6.07, 6.45) is 69.4. The van der Waals surface area contributed by atoms with Crippen LogP contribution in [0, 0.1) is 0 Å². The van der Waals surface area contributed by atoms with Crippen LogP contribution in [0.15, 0.2) is 48.6 Å². The minimum absolute atomic E-state index is 0.0707. The zero-order valence-electron chi connectivity index (χ0n) is 41.4. The van der Waals surface area contributed by atoms with Gasteiger partial charge in [-0.1, -0.05) is 242 Å². The SMILES string of the molecule is CCCCC/C=C\C/C=C\CCCCCCCC(=O)OCC(CO)OC(=O)CCCCCCCCCCCCCCCCCCCCCCC/C=C\C/C=C\CCCCCCC. The summed E-state index contributed by atoms with van der Waals surface area (Å²) < 4.78 is 10.7. The zero-order chi connectivity index (χ0) is 44.9. The highest BCUT2D eigenvalue weighted by molar-refractivity contribution is 5.70. The third-order valence-corrected chi connectivity index (χ3v) is 12.1. The third kappa shape index (κ3) is 50.5. The van der Waals surface area contributed by atoms with Gasteiger partial charge in [-0.3, -0.25) is 9.59 Å². The summed E-state index contributed by atoms with van der Waals surface area (Å²) in [5.74, 6) is -0.596. The number of hydrogen-bond acceptors (Lipinski definition) is 5. The van der Waals surface area contributed by atoms with Crippen LogP contribution in [0.5, 0.6) is 0 Å². The van der Waals surface area contributed by atoms with Crippen LogP contribution in [-0.2, 0) is 19.1 Å². The molecule has 0 amide bonds. The maximum atomic E-state index is 12.3. The van der Waals surface area contributed by atoms with Gasteiger partial charge in [0.25, 0.3) is 0 Å². The number of carbonyl (C=O) groups is 2. The second kappa shape index (κ2) is 53.2. The largest absolute Gasteiger partial charge is 0.462 e. The number of ether oxygens (including phenoxy) is 2. The molecule has 0 spiro atoms. The van der Waals surface area contributed by atoms with Crippen LogP contribution in [0.3, 0.4) is 0 Å². The predicted octanol–water partition coefficient (Wildman–Crippen LogP) is 18.1. The molecule has 1 unspecified atom stereocenters. The quantitative estimate of drug-likeness (QED) is 0.0375. The Kier molecular flexibility index (Phi) is 51.4. The van der Waals surface area contributed by atoms with Gasteiger partial charge in [0.1, 0.15) is 6.61 Å². The maximum Gasteiger partial charge on any atom is 0.306 e. The lowest BCUT2D eigenvalue weighted by Crippen LogP contribution is -2.28. The summed E-state index contributed by atoms with van der Waals surface area (Å²) >= 11 is 0. The molecule has 0 aromatic rings. The molecule has 0 rings (SSSR count). The lowest BCUT2D eigenvalue weighted by Gasteiger charge is -2.15. The van der Waals surface area contributed by atoms with Crippen LogP contribution in [-0.4, -0.2) is 36.4 Å². The molecule has 0 aromatic heterocycles. The zero-order valence-corrected chi connectivity index (χ0v) is 41.4. The van der Waals surface area contributed by atoms with E-state index in [0.717, 1.165) is 57.8 Å². The number of carbonyl (C=O) groups excluding carboxylic acids is 2. The molecule has 1 atom stereocenters. The molecular weight excluding hydrogens is 765 g/mol. The molecule has 5 heteroatoms. The first-order valence-electron chi connectivity index (χ1n) is 27.2. The Morgan fingerprint density at radius 3 is 0.984 bits per heavy atom. The number of rotatable bonds is 50. The van der Waals surface area contributed by atoms with E-state index in [2.05, 4.69) is 62.5 Å². The molecular formula is C57H104O5. The van der Waals surface area contributed by atoms with Crippen molar-refractivity contribution in [3.63, 3.8) is 0 Å². The van der Waals surface area contributed by atoms with Crippen LogP contribution < -0.4 is 0 Å². The fourth-order valence-corrected chi connectivity index (χ4v) is 7.97. The maximum absolute atomic E-state index is 12.3. The number of esters is 2. The number of allylic oxidation sites excluding steroid dienone is 8. The average Bonchev–Trinajstić information content (AvgIpc) is 3.28. The fraction of sp³-hybridized carbons (Fsp3) is 0.825. The van der Waals surface area contributed by atoms with E-state index < -0.39 is 6.10 Å². The Morgan fingerprint density at radius 1 is 0.371 bits per heavy atom. The highest BCUT2D eigenvalue weighted by Gasteiger charge is 2.16. The molecule has 0 radical (unpaired) electrons. The van der Waals surface area contributed by atoms with Crippen LogP contribution in [0.2, 0.25) is 0 Å². The van der Waals surface area contributed by atoms with E-state index in [1.54, 1.807) is 0 Å². The predicted molar refractivity (Wildman–Crippen MR) is 270 cm³/mol. The monoisotopic (exact) mass is 869 g/mol. The van der Waals surface area contributed by atoms with Gasteiger partial charge in [0, 0.05) is 12.8 Å². The van der Waals surface area contributed by atoms with Gasteiger partial charge in [0.15, 0.2) is 6.10 Å². The first-order valence-corrected chi connectivity index (χ1v) is 27.2. The summed E-state index contributed by atoms with van der Waals surface area (Å²) in [4.78, 5) is 24.4. The summed E-state index contributed by atoms with van der Waals surface area (Å²) in [6, 6.07) is 0. The van der Waals surface area contributed by atoms with E-state index in [1.807, 2.05) is 0 Å². The van der Waals surface area contributed by atoms with Gasteiger partial charge in [0.2, 0.25) is 0 Å². The van der Waals surface area contributed by atoms with E-state index in [0.29, 0.717) is 12.8 Å². The Hall–Kier alpha value is -2.14. The Bertz CT molecular complexity index is 1030. The summed E-state index contributed by atoms with van der Waals surface area (Å²) in [6.45, 7) is 4.11. The smallest absolute Gasteiger partial charge is 0.306 e. The van der Waals surface area contributed by atoms with Crippen molar-refractivity contribution < 1.29 is 24.2 Å². The minimum atomic E-state index is -0.776. The van der Waals surface area contributed by atoms with Gasteiger partial charge in [-0.2, -0.15) is 0 Å². The van der Waals surface area contributed by atoms with Crippen molar-refractivity contribution in [2.24, 2.45) is 0 Å². The molecule has 0 saturated heterocycles. The van der Waals surface area contributed by atoms with Crippen LogP contribution >= 0.6 is 0 Å². The highest BCUT2D eigenvalue weighted by atomic mass is 16.6. The highest BCUT2D eigenvalue weighted by Crippen LogP contribution is 2.16. The molecule has 0 fully saturated rings. The lowest BCUT2D eigenvalue weighted by molar-refractivity contribution is -0.161. The van der Waals surface area contributed by atoms with Gasteiger partial charge in [-0.25, -0.2) is 0 Å². The van der Waals surface area contributed by atoms with Crippen LogP contribution in [0.1, 0.15) is 284 Å². The van der Waals surface area contributed by atoms with Crippen molar-refractivity contribution in [1.29, 1.82) is 0 Å². The molecule has 5 nitrogen and oxygen atoms in total. The summed E-state index contributed by atoms with van der Waals surface area (Å²) in [5, 5.41) is 9.62. The third-order valence-electron chi connectivity index (χ3n) is 12.1. The number of aliphatic hydroxyl groups excluding tert-OH is 1. The van der Waals surface area contributed by atoms with E-state index in [1.165, 1.54) is 199 Å². The Labute approximate surface area is 386 Å². The first-order chi connectivity index (χ1) is 30.6. The molecule has 62 heavy (non-hydrogen) atoms. The first kappa shape index (κ1) is 59.9. The lowest BCUT2D eigenvalue weighted by atomic mass is 10.0. The van der Waals surface area contributed by atoms with Gasteiger partial charge in [-0.05, 0) is 77.0 Å². The molecule has 362 valence electrons. The Balaban J connectivity index is 3.42. The van der Waals surface area contributed by atoms with Crippen LogP contribution in [0.4, 0.5) is 0 Å². The molecule has 0 bridgehead atoms. The van der Waals surface area contributed by atoms with Crippen molar-refractivity contribution in [3.8, 4) is 0 Å². The van der Waals surface area contributed by atoms with Crippen molar-refractivity contribution in [1.82, 2.24) is 0 Å². The molecule has 0 heterocycles. The standard InChI is InChI=1S/C57H104O5/c1-3-5-7-9-11-13-15-17-19-20-21-22-23-24-25-26-27-28-29-30-31-32-33-34-35-36-38-40-42-44-46-48-50-52-57(60)62-55(53-58)54-61-56(59)51-49-47-45-43-41-39-37-18-16-14-12-10-8-6-4-2/h12,14-15,17-18,20-21,37,55,58H,3-11,13,16,19,22-36,38-54H2,1-2H3/b14-12-,17-15-,21-20-,37-18-. The van der Waals surface area contributed by atoms with E-state index in [-0.39, 0.29) is 25.2 Å². The normalized spacial score (nSPS) is 12.5.